The standard InChI is InChI=1S/C21H32N4O4S/c1-2-10-25-11-14-30-20(25)24-23-19(28)18(27)21(22-15-26,16-6-4-3-5-7-16)17-8-12-29-13-9-17/h16-17H,2-14H2,1H3,(H,23,28). The average molecular weight is 437 g/mol. The van der Waals surface area contributed by atoms with Crippen LogP contribution < -0.4 is 5.43 Å². The third-order valence-corrected chi connectivity index (χ3v) is 7.48. The van der Waals surface area contributed by atoms with Crippen molar-refractivity contribution in [2.24, 2.45) is 21.9 Å². The van der Waals surface area contributed by atoms with Gasteiger partial charge in [-0.2, -0.15) is 4.99 Å². The van der Waals surface area contributed by atoms with E-state index in [-0.39, 0.29) is 11.8 Å². The Labute approximate surface area is 182 Å². The monoisotopic (exact) mass is 436 g/mol. The van der Waals surface area contributed by atoms with Gasteiger partial charge in [-0.1, -0.05) is 37.9 Å². The molecule has 1 saturated carbocycles. The Kier molecular flexibility index (Phi) is 8.48. The van der Waals surface area contributed by atoms with Crippen LogP contribution in [0, 0.1) is 11.8 Å². The van der Waals surface area contributed by atoms with Crippen molar-refractivity contribution in [3.05, 3.63) is 0 Å². The summed E-state index contributed by atoms with van der Waals surface area (Å²) in [7, 11) is 0. The van der Waals surface area contributed by atoms with Crippen LogP contribution in [0.3, 0.4) is 0 Å². The number of rotatable bonds is 8. The molecule has 30 heavy (non-hydrogen) atoms. The van der Waals surface area contributed by atoms with Crippen molar-refractivity contribution < 1.29 is 19.1 Å². The number of hydrazone groups is 1. The first kappa shape index (κ1) is 23.0. The SMILES string of the molecule is CCCN1CCSC1=NNC(=O)C(=O)C(N=C=O)(C1CCCCC1)C1CCOCC1. The van der Waals surface area contributed by atoms with Gasteiger partial charge in [-0.05, 0) is 43.9 Å². The van der Waals surface area contributed by atoms with Crippen LogP contribution in [-0.4, -0.2) is 65.4 Å². The summed E-state index contributed by atoms with van der Waals surface area (Å²) < 4.78 is 5.47. The zero-order chi connectivity index (χ0) is 21.4. The summed E-state index contributed by atoms with van der Waals surface area (Å²) in [5.41, 5.74) is 1.11. The molecule has 2 heterocycles. The number of isocyanates is 1. The lowest BCUT2D eigenvalue weighted by molar-refractivity contribution is -0.145. The minimum atomic E-state index is -1.36. The molecule has 0 aromatic rings. The Morgan fingerprint density at radius 3 is 2.57 bits per heavy atom. The van der Waals surface area contributed by atoms with Crippen LogP contribution in [-0.2, 0) is 19.1 Å². The van der Waals surface area contributed by atoms with Crippen molar-refractivity contribution in [3.63, 3.8) is 0 Å². The van der Waals surface area contributed by atoms with E-state index in [1.165, 1.54) is 0 Å². The molecule has 8 nitrogen and oxygen atoms in total. The number of aliphatic imine (C=N–C) groups is 1. The second-order valence-electron chi connectivity index (χ2n) is 8.25. The van der Waals surface area contributed by atoms with Gasteiger partial charge in [0.15, 0.2) is 5.17 Å². The molecule has 0 bridgehead atoms. The van der Waals surface area contributed by atoms with Crippen molar-refractivity contribution in [3.8, 4) is 0 Å². The lowest BCUT2D eigenvalue weighted by Crippen LogP contribution is -2.57. The van der Waals surface area contributed by atoms with Crippen LogP contribution in [0.15, 0.2) is 10.1 Å². The number of Topliss-reactive ketones (excluding diaryl/α,β-unsaturated/α-hetero) is 1. The van der Waals surface area contributed by atoms with Crippen LogP contribution in [0.25, 0.3) is 0 Å². The average Bonchev–Trinajstić information content (AvgIpc) is 3.24. The summed E-state index contributed by atoms with van der Waals surface area (Å²) in [6.07, 6.45) is 8.47. The second kappa shape index (κ2) is 11.1. The molecule has 1 amide bonds. The van der Waals surface area contributed by atoms with Crippen molar-refractivity contribution in [2.45, 2.75) is 63.8 Å². The molecular weight excluding hydrogens is 404 g/mol. The van der Waals surface area contributed by atoms with Gasteiger partial charge in [0.1, 0.15) is 5.54 Å². The number of thioether (sulfide) groups is 1. The molecule has 0 spiro atoms. The van der Waals surface area contributed by atoms with E-state index in [4.69, 9.17) is 4.74 Å². The molecule has 3 rings (SSSR count). The number of amidine groups is 1. The van der Waals surface area contributed by atoms with E-state index in [1.807, 2.05) is 0 Å². The highest BCUT2D eigenvalue weighted by molar-refractivity contribution is 8.14. The summed E-state index contributed by atoms with van der Waals surface area (Å²) in [6.45, 7) is 4.84. The predicted molar refractivity (Wildman–Crippen MR) is 116 cm³/mol. The summed E-state index contributed by atoms with van der Waals surface area (Å²) in [6, 6.07) is 0. The molecule has 3 aliphatic rings. The van der Waals surface area contributed by atoms with Gasteiger partial charge >= 0.3 is 5.91 Å². The molecule has 166 valence electrons. The zero-order valence-corrected chi connectivity index (χ0v) is 18.5. The first-order chi connectivity index (χ1) is 14.6. The molecule has 1 atom stereocenters. The fourth-order valence-electron chi connectivity index (χ4n) is 5.04. The molecule has 9 heteroatoms. The van der Waals surface area contributed by atoms with Crippen molar-refractivity contribution in [1.29, 1.82) is 0 Å². The molecule has 1 aliphatic carbocycles. The van der Waals surface area contributed by atoms with Gasteiger partial charge in [-0.3, -0.25) is 9.59 Å². The lowest BCUT2D eigenvalue weighted by atomic mass is 9.64. The smallest absolute Gasteiger partial charge is 0.310 e. The van der Waals surface area contributed by atoms with Gasteiger partial charge in [-0.15, -0.1) is 5.10 Å². The fraction of sp³-hybridized carbons (Fsp3) is 0.810. The van der Waals surface area contributed by atoms with E-state index in [2.05, 4.69) is 27.3 Å². The van der Waals surface area contributed by atoms with Crippen LogP contribution >= 0.6 is 11.8 Å². The summed E-state index contributed by atoms with van der Waals surface area (Å²) in [5, 5.41) is 4.96. The normalized spacial score (nSPS) is 24.3. The van der Waals surface area contributed by atoms with Crippen molar-refractivity contribution in [1.82, 2.24) is 10.3 Å². The maximum atomic E-state index is 13.6. The largest absolute Gasteiger partial charge is 0.381 e. The van der Waals surface area contributed by atoms with Gasteiger partial charge in [-0.25, -0.2) is 10.2 Å². The summed E-state index contributed by atoms with van der Waals surface area (Å²) in [4.78, 5) is 44.2. The molecule has 2 aliphatic heterocycles. The van der Waals surface area contributed by atoms with Crippen molar-refractivity contribution in [2.75, 3.05) is 32.1 Å². The highest BCUT2D eigenvalue weighted by atomic mass is 32.2. The van der Waals surface area contributed by atoms with E-state index in [0.717, 1.165) is 62.5 Å². The van der Waals surface area contributed by atoms with Gasteiger partial charge in [0, 0.05) is 32.1 Å². The van der Waals surface area contributed by atoms with Crippen LogP contribution in [0.4, 0.5) is 0 Å². The Bertz CT molecular complexity index is 677. The maximum Gasteiger partial charge on any atom is 0.310 e. The molecule has 0 aromatic carbocycles. The first-order valence-electron chi connectivity index (χ1n) is 11.1. The molecule has 1 unspecified atom stereocenters. The highest BCUT2D eigenvalue weighted by Crippen LogP contribution is 2.44. The fourth-order valence-corrected chi connectivity index (χ4v) is 6.01. The topological polar surface area (TPSA) is 100 Å². The van der Waals surface area contributed by atoms with E-state index in [0.29, 0.717) is 26.1 Å². The number of carbonyl (C=O) groups excluding carboxylic acids is 3. The number of ketones is 1. The van der Waals surface area contributed by atoms with Crippen molar-refractivity contribution >= 4 is 34.7 Å². The number of nitrogens with zero attached hydrogens (tertiary/aromatic N) is 3. The minimum Gasteiger partial charge on any atom is -0.381 e. The van der Waals surface area contributed by atoms with Gasteiger partial charge in [0.25, 0.3) is 5.78 Å². The maximum absolute atomic E-state index is 13.6. The number of amides is 1. The van der Waals surface area contributed by atoms with E-state index >= 15 is 0 Å². The third kappa shape index (κ3) is 4.95. The zero-order valence-electron chi connectivity index (χ0n) is 17.7. The molecule has 0 aromatic heterocycles. The summed E-state index contributed by atoms with van der Waals surface area (Å²) >= 11 is 1.57. The Hall–Kier alpha value is -1.70. The minimum absolute atomic E-state index is 0.126. The molecule has 2 saturated heterocycles. The van der Waals surface area contributed by atoms with Crippen LogP contribution in [0.2, 0.25) is 0 Å². The number of nitrogens with one attached hydrogen (secondary N) is 1. The van der Waals surface area contributed by atoms with Gasteiger partial charge in [0.2, 0.25) is 6.08 Å². The van der Waals surface area contributed by atoms with E-state index in [1.54, 1.807) is 17.8 Å². The summed E-state index contributed by atoms with van der Waals surface area (Å²) in [5.74, 6) is -0.855. The highest BCUT2D eigenvalue weighted by Gasteiger charge is 2.54. The lowest BCUT2D eigenvalue weighted by Gasteiger charge is -2.43. The van der Waals surface area contributed by atoms with Gasteiger partial charge in [0.05, 0.1) is 0 Å². The Balaban J connectivity index is 1.84. The Morgan fingerprint density at radius 1 is 1.20 bits per heavy atom. The molecule has 1 N–H and O–H groups in total. The van der Waals surface area contributed by atoms with E-state index < -0.39 is 17.2 Å². The number of ether oxygens (including phenoxy) is 1. The number of hydrogen-bond donors (Lipinski definition) is 1. The van der Waals surface area contributed by atoms with E-state index in [9.17, 15) is 14.4 Å². The van der Waals surface area contributed by atoms with Gasteiger partial charge < -0.3 is 9.64 Å². The predicted octanol–water partition coefficient (Wildman–Crippen LogP) is 2.48. The molecular formula is C21H32N4O4S. The second-order valence-corrected chi connectivity index (χ2v) is 9.31. The third-order valence-electron chi connectivity index (χ3n) is 6.48. The number of carbonyl (C=O) groups is 2. The quantitative estimate of drug-likeness (QED) is 0.272. The van der Waals surface area contributed by atoms with Crippen LogP contribution in [0.1, 0.15) is 58.3 Å². The molecule has 3 fully saturated rings. The number of hydrogen-bond acceptors (Lipinski definition) is 7. The molecule has 0 radical (unpaired) electrons. The first-order valence-corrected chi connectivity index (χ1v) is 12.1. The Morgan fingerprint density at radius 2 is 1.90 bits per heavy atom. The van der Waals surface area contributed by atoms with Crippen LogP contribution in [0.5, 0.6) is 0 Å².